The fourth-order valence-corrected chi connectivity index (χ4v) is 2.62. The van der Waals surface area contributed by atoms with Gasteiger partial charge in [0.25, 0.3) is 0 Å². The topological polar surface area (TPSA) is 69.6 Å². The molecule has 19 heavy (non-hydrogen) atoms. The molecule has 2 N–H and O–H groups in total. The smallest absolute Gasteiger partial charge is 0.335 e. The molecular formula is C12H13FN2O3S. The van der Waals surface area contributed by atoms with Gasteiger partial charge in [-0.2, -0.15) is 11.8 Å². The van der Waals surface area contributed by atoms with Crippen molar-refractivity contribution >= 4 is 29.4 Å². The fourth-order valence-electron chi connectivity index (χ4n) is 1.71. The molecule has 0 unspecified atom stereocenters. The molecule has 0 bridgehead atoms. The number of rotatable bonds is 2. The Kier molecular flexibility index (Phi) is 4.26. The normalized spacial score (nSPS) is 15.1. The predicted molar refractivity (Wildman–Crippen MR) is 71.3 cm³/mol. The number of amides is 2. The van der Waals surface area contributed by atoms with Crippen LogP contribution in [-0.4, -0.2) is 46.6 Å². The first-order chi connectivity index (χ1) is 9.08. The second-order valence-corrected chi connectivity index (χ2v) is 5.25. The van der Waals surface area contributed by atoms with Crippen LogP contribution in [0.1, 0.15) is 10.4 Å². The van der Waals surface area contributed by atoms with Gasteiger partial charge >= 0.3 is 12.0 Å². The lowest BCUT2D eigenvalue weighted by Gasteiger charge is -2.26. The monoisotopic (exact) mass is 284 g/mol. The van der Waals surface area contributed by atoms with Crippen LogP contribution in [0.5, 0.6) is 0 Å². The van der Waals surface area contributed by atoms with Gasteiger partial charge in [-0.1, -0.05) is 0 Å². The summed E-state index contributed by atoms with van der Waals surface area (Å²) in [6.45, 7) is 1.22. The highest BCUT2D eigenvalue weighted by atomic mass is 32.2. The second kappa shape index (κ2) is 5.92. The standard InChI is InChI=1S/C12H13FN2O3S/c13-9-2-1-8(11(16)17)7-10(9)14-12(18)15-3-5-19-6-4-15/h1-2,7H,3-6H2,(H,14,18)(H,16,17). The molecule has 1 aromatic carbocycles. The first-order valence-corrected chi connectivity index (χ1v) is 6.90. The van der Waals surface area contributed by atoms with E-state index in [4.69, 9.17) is 5.11 Å². The van der Waals surface area contributed by atoms with E-state index in [1.54, 1.807) is 16.7 Å². The van der Waals surface area contributed by atoms with Gasteiger partial charge in [-0.3, -0.25) is 0 Å². The molecule has 1 saturated heterocycles. The molecule has 0 spiro atoms. The largest absolute Gasteiger partial charge is 0.478 e. The van der Waals surface area contributed by atoms with Gasteiger partial charge in [0.05, 0.1) is 11.3 Å². The zero-order valence-electron chi connectivity index (χ0n) is 10.1. The molecule has 1 heterocycles. The molecule has 2 amide bonds. The fraction of sp³-hybridized carbons (Fsp3) is 0.333. The van der Waals surface area contributed by atoms with Gasteiger partial charge in [0.1, 0.15) is 5.82 Å². The van der Waals surface area contributed by atoms with Crippen molar-refractivity contribution in [2.45, 2.75) is 0 Å². The summed E-state index contributed by atoms with van der Waals surface area (Å²) < 4.78 is 13.5. The lowest BCUT2D eigenvalue weighted by Crippen LogP contribution is -2.40. The minimum Gasteiger partial charge on any atom is -0.478 e. The maximum Gasteiger partial charge on any atom is 0.335 e. The molecule has 1 aromatic rings. The summed E-state index contributed by atoms with van der Waals surface area (Å²) in [5.74, 6) is -0.106. The van der Waals surface area contributed by atoms with Gasteiger partial charge in [0.15, 0.2) is 0 Å². The van der Waals surface area contributed by atoms with Crippen molar-refractivity contribution in [1.29, 1.82) is 0 Å². The van der Waals surface area contributed by atoms with Crippen molar-refractivity contribution in [2.24, 2.45) is 0 Å². The quantitative estimate of drug-likeness (QED) is 0.872. The number of aromatic carboxylic acids is 1. The van der Waals surface area contributed by atoms with Crippen molar-refractivity contribution in [2.75, 3.05) is 29.9 Å². The second-order valence-electron chi connectivity index (χ2n) is 4.03. The van der Waals surface area contributed by atoms with E-state index in [0.717, 1.165) is 29.7 Å². The molecule has 0 radical (unpaired) electrons. The van der Waals surface area contributed by atoms with Crippen LogP contribution in [0, 0.1) is 5.82 Å². The van der Waals surface area contributed by atoms with Gasteiger partial charge in [0, 0.05) is 24.6 Å². The van der Waals surface area contributed by atoms with Crippen molar-refractivity contribution in [3.05, 3.63) is 29.6 Å². The first kappa shape index (κ1) is 13.7. The van der Waals surface area contributed by atoms with Gasteiger partial charge in [-0.15, -0.1) is 0 Å². The number of carboxylic acid groups (broad SMARTS) is 1. The van der Waals surface area contributed by atoms with Crippen molar-refractivity contribution in [3.63, 3.8) is 0 Å². The highest BCUT2D eigenvalue weighted by molar-refractivity contribution is 7.99. The number of urea groups is 1. The van der Waals surface area contributed by atoms with Crippen LogP contribution in [-0.2, 0) is 0 Å². The molecule has 1 aliphatic heterocycles. The average Bonchev–Trinajstić information content (AvgIpc) is 2.42. The summed E-state index contributed by atoms with van der Waals surface area (Å²) in [5.41, 5.74) is -0.172. The van der Waals surface area contributed by atoms with Crippen molar-refractivity contribution in [3.8, 4) is 0 Å². The summed E-state index contributed by atoms with van der Waals surface area (Å²) in [7, 11) is 0. The van der Waals surface area contributed by atoms with E-state index in [1.165, 1.54) is 0 Å². The van der Waals surface area contributed by atoms with E-state index >= 15 is 0 Å². The number of halogens is 1. The number of carbonyl (C=O) groups excluding carboxylic acids is 1. The summed E-state index contributed by atoms with van der Waals surface area (Å²) in [6.07, 6.45) is 0. The third-order valence-corrected chi connectivity index (χ3v) is 3.70. The highest BCUT2D eigenvalue weighted by Gasteiger charge is 2.18. The molecule has 102 valence electrons. The number of hydrogen-bond acceptors (Lipinski definition) is 3. The van der Waals surface area contributed by atoms with E-state index in [2.05, 4.69) is 5.32 Å². The Bertz CT molecular complexity index is 504. The maximum atomic E-state index is 13.5. The van der Waals surface area contributed by atoms with E-state index in [1.807, 2.05) is 0 Å². The van der Waals surface area contributed by atoms with Crippen LogP contribution in [0.25, 0.3) is 0 Å². The van der Waals surface area contributed by atoms with Gasteiger partial charge in [0.2, 0.25) is 0 Å². The van der Waals surface area contributed by atoms with Crippen molar-refractivity contribution in [1.82, 2.24) is 4.90 Å². The minimum absolute atomic E-state index is 0.0640. The Morgan fingerprint density at radius 2 is 2.00 bits per heavy atom. The van der Waals surface area contributed by atoms with Crippen molar-refractivity contribution < 1.29 is 19.1 Å². The molecule has 1 aliphatic rings. The molecule has 0 aliphatic carbocycles. The molecular weight excluding hydrogens is 271 g/mol. The Balaban J connectivity index is 2.11. The van der Waals surface area contributed by atoms with Crippen LogP contribution in [0.15, 0.2) is 18.2 Å². The average molecular weight is 284 g/mol. The Morgan fingerprint density at radius 3 is 2.63 bits per heavy atom. The van der Waals surface area contributed by atoms with E-state index in [9.17, 15) is 14.0 Å². The summed E-state index contributed by atoms with van der Waals surface area (Å²) >= 11 is 1.76. The summed E-state index contributed by atoms with van der Waals surface area (Å²) in [6, 6.07) is 2.91. The Hall–Kier alpha value is -1.76. The summed E-state index contributed by atoms with van der Waals surface area (Å²) in [4.78, 5) is 24.3. The zero-order chi connectivity index (χ0) is 13.8. The number of carboxylic acids is 1. The number of thioether (sulfide) groups is 1. The molecule has 5 nitrogen and oxygen atoms in total. The van der Waals surface area contributed by atoms with Crippen LogP contribution in [0.3, 0.4) is 0 Å². The van der Waals surface area contributed by atoms with E-state index < -0.39 is 17.8 Å². The van der Waals surface area contributed by atoms with Crippen LogP contribution < -0.4 is 5.32 Å². The SMILES string of the molecule is O=C(O)c1ccc(F)c(NC(=O)N2CCSCC2)c1. The lowest BCUT2D eigenvalue weighted by molar-refractivity contribution is 0.0697. The van der Waals surface area contributed by atoms with Gasteiger partial charge in [-0.05, 0) is 18.2 Å². The van der Waals surface area contributed by atoms with E-state index in [0.29, 0.717) is 13.1 Å². The van der Waals surface area contributed by atoms with Crippen LogP contribution >= 0.6 is 11.8 Å². The number of anilines is 1. The molecule has 0 saturated carbocycles. The molecule has 1 fully saturated rings. The molecule has 0 aromatic heterocycles. The third kappa shape index (κ3) is 3.37. The Morgan fingerprint density at radius 1 is 1.32 bits per heavy atom. The van der Waals surface area contributed by atoms with Crippen LogP contribution in [0.2, 0.25) is 0 Å². The minimum atomic E-state index is -1.16. The number of benzene rings is 1. The summed E-state index contributed by atoms with van der Waals surface area (Å²) in [5, 5.41) is 11.2. The zero-order valence-corrected chi connectivity index (χ0v) is 10.9. The number of nitrogens with zero attached hydrogens (tertiary/aromatic N) is 1. The van der Waals surface area contributed by atoms with Gasteiger partial charge in [-0.25, -0.2) is 14.0 Å². The molecule has 7 heteroatoms. The van der Waals surface area contributed by atoms with Crippen LogP contribution in [0.4, 0.5) is 14.9 Å². The number of carbonyl (C=O) groups is 2. The first-order valence-electron chi connectivity index (χ1n) is 5.74. The van der Waals surface area contributed by atoms with Gasteiger partial charge < -0.3 is 15.3 Å². The molecule has 2 rings (SSSR count). The maximum absolute atomic E-state index is 13.5. The Labute approximate surface area is 113 Å². The lowest BCUT2D eigenvalue weighted by atomic mass is 10.2. The predicted octanol–water partition coefficient (Wildman–Crippen LogP) is 2.10. The highest BCUT2D eigenvalue weighted by Crippen LogP contribution is 2.18. The molecule has 0 atom stereocenters. The van der Waals surface area contributed by atoms with E-state index in [-0.39, 0.29) is 11.3 Å². The third-order valence-electron chi connectivity index (χ3n) is 2.75. The number of nitrogens with one attached hydrogen (secondary N) is 1. The number of hydrogen-bond donors (Lipinski definition) is 2.